The highest BCUT2D eigenvalue weighted by atomic mass is 35.5. The lowest BCUT2D eigenvalue weighted by molar-refractivity contribution is 0.0623. The van der Waals surface area contributed by atoms with Gasteiger partial charge in [0.2, 0.25) is 9.84 Å². The maximum Gasteiger partial charge on any atom is 0.259 e. The molecule has 0 aliphatic carbocycles. The van der Waals surface area contributed by atoms with Gasteiger partial charge in [-0.2, -0.15) is 0 Å². The lowest BCUT2D eigenvalue weighted by atomic mass is 9.91. The normalized spacial score (nSPS) is 20.9. The second-order valence-electron chi connectivity index (χ2n) is 9.86. The number of hydrogen-bond acceptors (Lipinski definition) is 4. The summed E-state index contributed by atoms with van der Waals surface area (Å²) in [5.41, 5.74) is 1.46. The molecule has 0 saturated carbocycles. The summed E-state index contributed by atoms with van der Waals surface area (Å²) >= 11 is 6.04. The van der Waals surface area contributed by atoms with Crippen LogP contribution in [-0.2, 0) is 16.4 Å². The van der Waals surface area contributed by atoms with Crippen molar-refractivity contribution in [2.24, 2.45) is 11.8 Å². The summed E-state index contributed by atoms with van der Waals surface area (Å²) in [6.45, 7) is 5.68. The van der Waals surface area contributed by atoms with Gasteiger partial charge < -0.3 is 9.80 Å². The van der Waals surface area contributed by atoms with Crippen LogP contribution >= 0.6 is 11.6 Å². The summed E-state index contributed by atoms with van der Waals surface area (Å²) < 4.78 is 27.4. The Balaban J connectivity index is 1.64. The first-order valence-electron chi connectivity index (χ1n) is 12.0. The minimum absolute atomic E-state index is 0.00620. The highest BCUT2D eigenvalue weighted by Crippen LogP contribution is 2.38. The maximum atomic E-state index is 13.8. The zero-order valence-electron chi connectivity index (χ0n) is 20.1. The zero-order chi connectivity index (χ0) is 25.6. The van der Waals surface area contributed by atoms with Crippen molar-refractivity contribution < 1.29 is 18.0 Å². The van der Waals surface area contributed by atoms with Gasteiger partial charge in [0.15, 0.2) is 0 Å². The molecule has 8 heteroatoms. The maximum absolute atomic E-state index is 13.8. The van der Waals surface area contributed by atoms with Crippen molar-refractivity contribution >= 4 is 38.9 Å². The van der Waals surface area contributed by atoms with Crippen molar-refractivity contribution in [3.05, 3.63) is 88.4 Å². The predicted octanol–water partition coefficient (Wildman–Crippen LogP) is 5.45. The van der Waals surface area contributed by atoms with E-state index in [0.29, 0.717) is 35.5 Å². The molecule has 0 radical (unpaired) electrons. The number of hydrogen-bond donors (Lipinski definition) is 0. The number of amides is 2. The molecule has 36 heavy (non-hydrogen) atoms. The van der Waals surface area contributed by atoms with Crippen LogP contribution in [0, 0.1) is 11.8 Å². The molecule has 1 fully saturated rings. The Morgan fingerprint density at radius 1 is 0.944 bits per heavy atom. The smallest absolute Gasteiger partial charge is 0.259 e. The molecule has 0 bridgehead atoms. The summed E-state index contributed by atoms with van der Waals surface area (Å²) in [7, 11) is -4.00. The van der Waals surface area contributed by atoms with E-state index in [4.69, 9.17) is 11.6 Å². The second kappa shape index (κ2) is 9.37. The number of rotatable bonds is 3. The highest BCUT2D eigenvalue weighted by Gasteiger charge is 2.36. The number of carbonyl (C=O) groups excluding carboxylic acids is 2. The Morgan fingerprint density at radius 2 is 1.61 bits per heavy atom. The molecular formula is C28H27ClN2O4S. The number of fused-ring (bicyclic) bond motifs is 2. The van der Waals surface area contributed by atoms with Crippen LogP contribution in [0.1, 0.15) is 46.5 Å². The van der Waals surface area contributed by atoms with Crippen LogP contribution < -0.4 is 4.90 Å². The van der Waals surface area contributed by atoms with Gasteiger partial charge in [-0.25, -0.2) is 8.42 Å². The minimum Gasteiger partial charge on any atom is -0.338 e. The van der Waals surface area contributed by atoms with E-state index in [2.05, 4.69) is 13.8 Å². The van der Waals surface area contributed by atoms with E-state index in [1.165, 1.54) is 23.1 Å². The third-order valence-corrected chi connectivity index (χ3v) is 8.96. The van der Waals surface area contributed by atoms with Gasteiger partial charge in [0.25, 0.3) is 11.8 Å². The van der Waals surface area contributed by atoms with E-state index in [1.54, 1.807) is 48.5 Å². The van der Waals surface area contributed by atoms with Crippen molar-refractivity contribution in [2.45, 2.75) is 36.6 Å². The van der Waals surface area contributed by atoms with Gasteiger partial charge in [-0.3, -0.25) is 9.59 Å². The third kappa shape index (κ3) is 4.42. The average molecular weight is 523 g/mol. The summed E-state index contributed by atoms with van der Waals surface area (Å²) in [4.78, 5) is 30.5. The highest BCUT2D eigenvalue weighted by molar-refractivity contribution is 7.91. The topological polar surface area (TPSA) is 74.8 Å². The predicted molar refractivity (Wildman–Crippen MR) is 139 cm³/mol. The van der Waals surface area contributed by atoms with E-state index in [1.807, 2.05) is 4.90 Å². The lowest BCUT2D eigenvalue weighted by Crippen LogP contribution is -2.42. The van der Waals surface area contributed by atoms with E-state index >= 15 is 0 Å². The molecule has 2 atom stereocenters. The van der Waals surface area contributed by atoms with Crippen LogP contribution in [0.4, 0.5) is 5.69 Å². The Kier molecular flexibility index (Phi) is 6.39. The molecule has 186 valence electrons. The second-order valence-corrected chi connectivity index (χ2v) is 12.2. The number of sulfone groups is 1. The average Bonchev–Trinajstić information content (AvgIpc) is 2.92. The van der Waals surface area contributed by atoms with Crippen LogP contribution in [-0.4, -0.2) is 38.2 Å². The summed E-state index contributed by atoms with van der Waals surface area (Å²) in [5, 5.41) is 0.562. The standard InChI is InChI=1S/C28H27ClN2O4S/c1-18-13-19(2)16-30(15-18)27(32)21-9-12-26-24(14-21)31(17-20-7-10-22(29)11-8-20)28(33)23-5-3-4-6-25(23)36(26,34)35/h3-12,14,18-19H,13,15-17H2,1-2H3/t18-,19-/m1/s1. The van der Waals surface area contributed by atoms with Gasteiger partial charge in [-0.15, -0.1) is 0 Å². The number of halogens is 1. The molecule has 2 amide bonds. The number of nitrogens with zero attached hydrogens (tertiary/aromatic N) is 2. The van der Waals surface area contributed by atoms with Crippen LogP contribution in [0.25, 0.3) is 0 Å². The number of anilines is 1. The molecule has 1 saturated heterocycles. The Morgan fingerprint density at radius 3 is 2.31 bits per heavy atom. The SMILES string of the molecule is C[C@@H]1C[C@@H](C)CN(C(=O)c2ccc3c(c2)N(Cc2ccc(Cl)cc2)C(=O)c2ccccc2S3(=O)=O)C1. The summed E-state index contributed by atoms with van der Waals surface area (Å²) in [5.74, 6) is 0.176. The van der Waals surface area contributed by atoms with Gasteiger partial charge in [0.1, 0.15) is 0 Å². The van der Waals surface area contributed by atoms with Crippen molar-refractivity contribution in [1.82, 2.24) is 4.90 Å². The molecule has 2 aliphatic heterocycles. The first kappa shape index (κ1) is 24.5. The Hall–Kier alpha value is -3.16. The number of piperidine rings is 1. The fraction of sp³-hybridized carbons (Fsp3) is 0.286. The molecule has 0 unspecified atom stereocenters. The monoisotopic (exact) mass is 522 g/mol. The van der Waals surface area contributed by atoms with Crippen molar-refractivity contribution in [1.29, 1.82) is 0 Å². The molecule has 5 rings (SSSR count). The van der Waals surface area contributed by atoms with Crippen molar-refractivity contribution in [3.8, 4) is 0 Å². The summed E-state index contributed by atoms with van der Waals surface area (Å²) in [6.07, 6.45) is 1.06. The number of carbonyl (C=O) groups is 2. The number of likely N-dealkylation sites (tertiary alicyclic amines) is 1. The lowest BCUT2D eigenvalue weighted by Gasteiger charge is -2.35. The molecule has 3 aromatic rings. The van der Waals surface area contributed by atoms with Gasteiger partial charge in [0, 0.05) is 23.7 Å². The molecule has 2 heterocycles. The van der Waals surface area contributed by atoms with Gasteiger partial charge in [-0.05, 0) is 66.3 Å². The van der Waals surface area contributed by atoms with Crippen molar-refractivity contribution in [3.63, 3.8) is 0 Å². The van der Waals surface area contributed by atoms with Crippen LogP contribution in [0.2, 0.25) is 5.02 Å². The van der Waals surface area contributed by atoms with E-state index in [-0.39, 0.29) is 33.5 Å². The Labute approximate surface area is 216 Å². The van der Waals surface area contributed by atoms with E-state index in [9.17, 15) is 18.0 Å². The first-order valence-corrected chi connectivity index (χ1v) is 13.8. The van der Waals surface area contributed by atoms with E-state index < -0.39 is 15.7 Å². The van der Waals surface area contributed by atoms with Crippen LogP contribution in [0.3, 0.4) is 0 Å². The van der Waals surface area contributed by atoms with E-state index in [0.717, 1.165) is 12.0 Å². The van der Waals surface area contributed by atoms with Crippen molar-refractivity contribution in [2.75, 3.05) is 18.0 Å². The van der Waals surface area contributed by atoms with Gasteiger partial charge in [0.05, 0.1) is 27.6 Å². The molecule has 2 aliphatic rings. The first-order chi connectivity index (χ1) is 17.1. The van der Waals surface area contributed by atoms with Gasteiger partial charge >= 0.3 is 0 Å². The zero-order valence-corrected chi connectivity index (χ0v) is 21.7. The fourth-order valence-electron chi connectivity index (χ4n) is 5.28. The quantitative estimate of drug-likeness (QED) is 0.458. The fourth-order valence-corrected chi connectivity index (χ4v) is 7.04. The molecule has 6 nitrogen and oxygen atoms in total. The Bertz CT molecular complexity index is 1440. The van der Waals surface area contributed by atoms with Crippen LogP contribution in [0.15, 0.2) is 76.5 Å². The largest absolute Gasteiger partial charge is 0.338 e. The molecular weight excluding hydrogens is 496 g/mol. The number of benzene rings is 3. The molecule has 0 aromatic heterocycles. The van der Waals surface area contributed by atoms with Gasteiger partial charge in [-0.1, -0.05) is 49.7 Å². The molecule has 0 N–H and O–H groups in total. The minimum atomic E-state index is -4.00. The van der Waals surface area contributed by atoms with Crippen LogP contribution in [0.5, 0.6) is 0 Å². The molecule has 3 aromatic carbocycles. The summed E-state index contributed by atoms with van der Waals surface area (Å²) in [6, 6.07) is 17.8. The third-order valence-electron chi connectivity index (χ3n) is 6.85. The molecule has 0 spiro atoms.